The van der Waals surface area contributed by atoms with Gasteiger partial charge in [0.05, 0.1) is 30.8 Å². The van der Waals surface area contributed by atoms with Crippen LogP contribution in [-0.4, -0.2) is 68.6 Å². The van der Waals surface area contributed by atoms with Gasteiger partial charge in [0, 0.05) is 40.0 Å². The first-order chi connectivity index (χ1) is 14.9. The topological polar surface area (TPSA) is 64.4 Å². The fraction of sp³-hybridized carbons (Fsp3) is 0.652. The van der Waals surface area contributed by atoms with Gasteiger partial charge in [0.25, 0.3) is 0 Å². The van der Waals surface area contributed by atoms with Gasteiger partial charge in [-0.1, -0.05) is 25.7 Å². The number of hydrogen-bond donors (Lipinski definition) is 1. The summed E-state index contributed by atoms with van der Waals surface area (Å²) in [5, 5.41) is 3.38. The van der Waals surface area contributed by atoms with Crippen LogP contribution in [-0.2, 0) is 16.2 Å². The summed E-state index contributed by atoms with van der Waals surface area (Å²) in [5.74, 6) is 0. The van der Waals surface area contributed by atoms with Crippen molar-refractivity contribution in [3.63, 3.8) is 0 Å². The van der Waals surface area contributed by atoms with E-state index in [-0.39, 0.29) is 0 Å². The smallest absolute Gasteiger partial charge is 0.162 e. The molecule has 0 amide bonds. The molecule has 0 saturated carbocycles. The number of morpholine rings is 1. The molecule has 3 heterocycles. The first-order valence-electron chi connectivity index (χ1n) is 11.6. The van der Waals surface area contributed by atoms with Crippen molar-refractivity contribution in [2.45, 2.75) is 57.7 Å². The molecule has 8 heteroatoms. The summed E-state index contributed by atoms with van der Waals surface area (Å²) in [7, 11) is 0.940. The fourth-order valence-electron chi connectivity index (χ4n) is 4.19. The average Bonchev–Trinajstić information content (AvgIpc) is 3.14. The minimum Gasteiger partial charge on any atom is -0.378 e. The highest BCUT2D eigenvalue weighted by atomic mass is 28.3. The van der Waals surface area contributed by atoms with Crippen molar-refractivity contribution in [2.24, 2.45) is 0 Å². The molecule has 170 valence electrons. The van der Waals surface area contributed by atoms with Crippen LogP contribution in [0.15, 0.2) is 18.5 Å². The van der Waals surface area contributed by atoms with Crippen LogP contribution in [0.25, 0.3) is 16.7 Å². The predicted molar refractivity (Wildman–Crippen MR) is 129 cm³/mol. The third kappa shape index (κ3) is 5.55. The van der Waals surface area contributed by atoms with Crippen LogP contribution in [0.4, 0.5) is 5.69 Å². The SMILES string of the molecule is CNC1CC=C(c2cnc3c(n2)c(N2CCOCC2)cn3COCC[Si](C)(C)C)CC1. The van der Waals surface area contributed by atoms with Crippen molar-refractivity contribution in [2.75, 3.05) is 44.9 Å². The van der Waals surface area contributed by atoms with Gasteiger partial charge in [0.1, 0.15) is 12.2 Å². The summed E-state index contributed by atoms with van der Waals surface area (Å²) in [6, 6.07) is 1.74. The first kappa shape index (κ1) is 22.5. The lowest BCUT2D eigenvalue weighted by molar-refractivity contribution is 0.0898. The second-order valence-corrected chi connectivity index (χ2v) is 15.5. The Morgan fingerprint density at radius 1 is 1.26 bits per heavy atom. The minimum atomic E-state index is -1.10. The normalized spacial score (nSPS) is 20.3. The maximum absolute atomic E-state index is 6.04. The zero-order valence-electron chi connectivity index (χ0n) is 19.5. The van der Waals surface area contributed by atoms with Crippen LogP contribution in [0.2, 0.25) is 25.7 Å². The van der Waals surface area contributed by atoms with E-state index < -0.39 is 8.07 Å². The number of ether oxygens (including phenoxy) is 2. The molecular weight excluding hydrogens is 406 g/mol. The van der Waals surface area contributed by atoms with Crippen LogP contribution in [0, 0.1) is 0 Å². The number of rotatable bonds is 8. The van der Waals surface area contributed by atoms with Gasteiger partial charge in [-0.3, -0.25) is 0 Å². The maximum Gasteiger partial charge on any atom is 0.162 e. The molecule has 0 bridgehead atoms. The number of nitrogens with one attached hydrogen (secondary N) is 1. The standard InChI is InChI=1S/C23H37N5O2Si/c1-24-19-7-5-18(6-8-19)20-15-25-23-22(26-20)21(27-9-11-29-12-10-27)16-28(23)17-30-13-14-31(2,3)4/h5,15-16,19,24H,6-14,17H2,1-4H3. The van der Waals surface area contributed by atoms with Gasteiger partial charge >= 0.3 is 0 Å². The third-order valence-electron chi connectivity index (χ3n) is 6.27. The number of fused-ring (bicyclic) bond motifs is 1. The van der Waals surface area contributed by atoms with Gasteiger partial charge in [-0.15, -0.1) is 0 Å². The van der Waals surface area contributed by atoms with Crippen LogP contribution < -0.4 is 10.2 Å². The molecule has 1 aliphatic heterocycles. The van der Waals surface area contributed by atoms with E-state index in [1.165, 1.54) is 11.6 Å². The maximum atomic E-state index is 6.04. The quantitative estimate of drug-likeness (QED) is 0.495. The van der Waals surface area contributed by atoms with E-state index in [9.17, 15) is 0 Å². The van der Waals surface area contributed by atoms with Crippen LogP contribution in [0.1, 0.15) is 25.0 Å². The van der Waals surface area contributed by atoms with E-state index in [2.05, 4.69) is 46.7 Å². The Morgan fingerprint density at radius 3 is 2.74 bits per heavy atom. The summed E-state index contributed by atoms with van der Waals surface area (Å²) in [4.78, 5) is 12.3. The lowest BCUT2D eigenvalue weighted by Crippen LogP contribution is -2.36. The second-order valence-electron chi connectivity index (χ2n) is 9.85. The second kappa shape index (κ2) is 9.81. The molecular formula is C23H37N5O2Si. The van der Waals surface area contributed by atoms with Crippen molar-refractivity contribution in [3.8, 4) is 0 Å². The highest BCUT2D eigenvalue weighted by molar-refractivity contribution is 6.76. The number of aromatic nitrogens is 3. The van der Waals surface area contributed by atoms with E-state index in [1.807, 2.05) is 13.2 Å². The Balaban J connectivity index is 1.60. The Labute approximate surface area is 186 Å². The van der Waals surface area contributed by atoms with Crippen molar-refractivity contribution in [1.82, 2.24) is 19.9 Å². The summed E-state index contributed by atoms with van der Waals surface area (Å²) >= 11 is 0. The molecule has 0 aromatic carbocycles. The molecule has 1 atom stereocenters. The Bertz CT molecular complexity index is 915. The highest BCUT2D eigenvalue weighted by Gasteiger charge is 2.22. The molecule has 0 spiro atoms. The van der Waals surface area contributed by atoms with E-state index in [0.717, 1.165) is 74.7 Å². The average molecular weight is 444 g/mol. The molecule has 2 aromatic rings. The van der Waals surface area contributed by atoms with E-state index in [1.54, 1.807) is 0 Å². The molecule has 1 saturated heterocycles. The molecule has 7 nitrogen and oxygen atoms in total. The summed E-state index contributed by atoms with van der Waals surface area (Å²) in [5.41, 5.74) is 5.35. The number of nitrogens with zero attached hydrogens (tertiary/aromatic N) is 4. The molecule has 2 aromatic heterocycles. The molecule has 31 heavy (non-hydrogen) atoms. The molecule has 1 unspecified atom stereocenters. The lowest BCUT2D eigenvalue weighted by atomic mass is 9.93. The molecule has 1 fully saturated rings. The van der Waals surface area contributed by atoms with Crippen molar-refractivity contribution in [1.29, 1.82) is 0 Å². The fourth-order valence-corrected chi connectivity index (χ4v) is 4.95. The van der Waals surface area contributed by atoms with Crippen LogP contribution in [0.5, 0.6) is 0 Å². The largest absolute Gasteiger partial charge is 0.378 e. The molecule has 2 aliphatic rings. The van der Waals surface area contributed by atoms with E-state index in [0.29, 0.717) is 12.8 Å². The molecule has 1 N–H and O–H groups in total. The number of hydrogen-bond acceptors (Lipinski definition) is 6. The van der Waals surface area contributed by atoms with Gasteiger partial charge in [0.15, 0.2) is 5.65 Å². The summed E-state index contributed by atoms with van der Waals surface area (Å²) < 4.78 is 13.7. The van der Waals surface area contributed by atoms with Gasteiger partial charge in [-0.25, -0.2) is 9.97 Å². The van der Waals surface area contributed by atoms with Gasteiger partial charge < -0.3 is 24.3 Å². The summed E-state index contributed by atoms with van der Waals surface area (Å²) in [6.45, 7) is 11.7. The van der Waals surface area contributed by atoms with E-state index in [4.69, 9.17) is 19.4 Å². The molecule has 0 radical (unpaired) electrons. The minimum absolute atomic E-state index is 0.520. The van der Waals surface area contributed by atoms with E-state index >= 15 is 0 Å². The zero-order chi connectivity index (χ0) is 21.8. The lowest BCUT2D eigenvalue weighted by Gasteiger charge is -2.28. The highest BCUT2D eigenvalue weighted by Crippen LogP contribution is 2.31. The predicted octanol–water partition coefficient (Wildman–Crippen LogP) is 3.74. The van der Waals surface area contributed by atoms with Gasteiger partial charge in [-0.05, 0) is 37.9 Å². The first-order valence-corrected chi connectivity index (χ1v) is 15.3. The molecule has 1 aliphatic carbocycles. The van der Waals surface area contributed by atoms with Crippen LogP contribution in [0.3, 0.4) is 0 Å². The van der Waals surface area contributed by atoms with Gasteiger partial charge in [0.2, 0.25) is 0 Å². The Hall–Kier alpha value is -1.74. The van der Waals surface area contributed by atoms with Crippen molar-refractivity contribution < 1.29 is 9.47 Å². The zero-order valence-corrected chi connectivity index (χ0v) is 20.5. The van der Waals surface area contributed by atoms with Crippen molar-refractivity contribution in [3.05, 3.63) is 24.2 Å². The number of allylic oxidation sites excluding steroid dienone is 1. The Kier molecular flexibility index (Phi) is 7.11. The Morgan fingerprint density at radius 2 is 2.06 bits per heavy atom. The van der Waals surface area contributed by atoms with Gasteiger partial charge in [-0.2, -0.15) is 0 Å². The monoisotopic (exact) mass is 443 g/mol. The third-order valence-corrected chi connectivity index (χ3v) is 7.98. The van der Waals surface area contributed by atoms with Crippen molar-refractivity contribution >= 4 is 30.5 Å². The summed E-state index contributed by atoms with van der Waals surface area (Å²) in [6.07, 6.45) is 9.67. The molecule has 4 rings (SSSR count). The van der Waals surface area contributed by atoms with Crippen LogP contribution >= 0.6 is 0 Å². The number of anilines is 1.